The van der Waals surface area contributed by atoms with Gasteiger partial charge in [0.15, 0.2) is 11.6 Å². The predicted octanol–water partition coefficient (Wildman–Crippen LogP) is 4.84. The van der Waals surface area contributed by atoms with Crippen LogP contribution in [-0.2, 0) is 6.54 Å². The second-order valence-electron chi connectivity index (χ2n) is 5.83. The van der Waals surface area contributed by atoms with Crippen LogP contribution in [0.15, 0.2) is 66.7 Å². The van der Waals surface area contributed by atoms with Crippen LogP contribution in [0.4, 0.5) is 20.2 Å². The SMILES string of the molecule is COc1ccc(NC(=O)c2ccc(NCc3cccc(F)c3F)cc2)cc1. The minimum absolute atomic E-state index is 0.140. The molecule has 3 aromatic carbocycles. The Morgan fingerprint density at radius 3 is 2.26 bits per heavy atom. The number of halogens is 2. The summed E-state index contributed by atoms with van der Waals surface area (Å²) < 4.78 is 31.9. The Hall–Kier alpha value is -3.41. The quantitative estimate of drug-likeness (QED) is 0.655. The lowest BCUT2D eigenvalue weighted by atomic mass is 10.1. The monoisotopic (exact) mass is 368 g/mol. The molecule has 138 valence electrons. The van der Waals surface area contributed by atoms with Gasteiger partial charge in [0.05, 0.1) is 7.11 Å². The third-order valence-corrected chi connectivity index (χ3v) is 4.01. The highest BCUT2D eigenvalue weighted by Crippen LogP contribution is 2.18. The van der Waals surface area contributed by atoms with E-state index in [2.05, 4.69) is 10.6 Å². The summed E-state index contributed by atoms with van der Waals surface area (Å²) in [6.45, 7) is 0.140. The molecule has 0 aromatic heterocycles. The van der Waals surface area contributed by atoms with Crippen molar-refractivity contribution in [1.29, 1.82) is 0 Å². The average molecular weight is 368 g/mol. The number of benzene rings is 3. The lowest BCUT2D eigenvalue weighted by Gasteiger charge is -2.09. The van der Waals surface area contributed by atoms with E-state index in [9.17, 15) is 13.6 Å². The largest absolute Gasteiger partial charge is 0.497 e. The van der Waals surface area contributed by atoms with Gasteiger partial charge in [-0.25, -0.2) is 8.78 Å². The molecule has 0 heterocycles. The van der Waals surface area contributed by atoms with E-state index in [0.717, 1.165) is 6.07 Å². The van der Waals surface area contributed by atoms with Crippen molar-refractivity contribution < 1.29 is 18.3 Å². The lowest BCUT2D eigenvalue weighted by molar-refractivity contribution is 0.102. The van der Waals surface area contributed by atoms with Crippen molar-refractivity contribution in [2.45, 2.75) is 6.54 Å². The number of amides is 1. The van der Waals surface area contributed by atoms with Gasteiger partial charge in [-0.15, -0.1) is 0 Å². The molecule has 0 saturated heterocycles. The molecule has 6 heteroatoms. The summed E-state index contributed by atoms with van der Waals surface area (Å²) in [7, 11) is 1.58. The van der Waals surface area contributed by atoms with Crippen molar-refractivity contribution in [2.75, 3.05) is 17.7 Å². The molecule has 0 aliphatic rings. The summed E-state index contributed by atoms with van der Waals surface area (Å²) in [5, 5.41) is 5.80. The van der Waals surface area contributed by atoms with Crippen molar-refractivity contribution in [2.24, 2.45) is 0 Å². The highest BCUT2D eigenvalue weighted by atomic mass is 19.2. The molecule has 0 atom stereocenters. The summed E-state index contributed by atoms with van der Waals surface area (Å²) in [5.74, 6) is -1.28. The number of hydrogen-bond acceptors (Lipinski definition) is 3. The molecular formula is C21H18F2N2O2. The van der Waals surface area contributed by atoms with Crippen molar-refractivity contribution in [3.8, 4) is 5.75 Å². The molecule has 0 unspecified atom stereocenters. The van der Waals surface area contributed by atoms with E-state index >= 15 is 0 Å². The Labute approximate surface area is 155 Å². The van der Waals surface area contributed by atoms with Gasteiger partial charge in [0.1, 0.15) is 5.75 Å². The van der Waals surface area contributed by atoms with Crippen LogP contribution in [0.3, 0.4) is 0 Å². The molecule has 0 aliphatic heterocycles. The number of anilines is 2. The normalized spacial score (nSPS) is 10.3. The average Bonchev–Trinajstić information content (AvgIpc) is 2.70. The Morgan fingerprint density at radius 2 is 1.59 bits per heavy atom. The molecule has 0 spiro atoms. The Kier molecular flexibility index (Phi) is 5.66. The summed E-state index contributed by atoms with van der Waals surface area (Å²) in [4.78, 5) is 12.3. The molecule has 4 nitrogen and oxygen atoms in total. The van der Waals surface area contributed by atoms with Crippen LogP contribution in [0.1, 0.15) is 15.9 Å². The third-order valence-electron chi connectivity index (χ3n) is 4.01. The van der Waals surface area contributed by atoms with Crippen molar-refractivity contribution >= 4 is 17.3 Å². The van der Waals surface area contributed by atoms with E-state index in [1.54, 1.807) is 55.6 Å². The summed E-state index contributed by atoms with van der Waals surface area (Å²) >= 11 is 0. The molecular weight excluding hydrogens is 350 g/mol. The maximum Gasteiger partial charge on any atom is 0.255 e. The minimum atomic E-state index is -0.875. The van der Waals surface area contributed by atoms with Gasteiger partial charge in [-0.3, -0.25) is 4.79 Å². The van der Waals surface area contributed by atoms with Gasteiger partial charge in [0, 0.05) is 29.0 Å². The van der Waals surface area contributed by atoms with Crippen molar-refractivity contribution in [3.63, 3.8) is 0 Å². The van der Waals surface area contributed by atoms with Gasteiger partial charge in [0.25, 0.3) is 5.91 Å². The highest BCUT2D eigenvalue weighted by molar-refractivity contribution is 6.04. The van der Waals surface area contributed by atoms with Gasteiger partial charge < -0.3 is 15.4 Å². The highest BCUT2D eigenvalue weighted by Gasteiger charge is 2.08. The van der Waals surface area contributed by atoms with E-state index in [0.29, 0.717) is 22.7 Å². The number of hydrogen-bond donors (Lipinski definition) is 2. The first-order valence-electron chi connectivity index (χ1n) is 8.29. The first-order chi connectivity index (χ1) is 13.1. The molecule has 2 N–H and O–H groups in total. The van der Waals surface area contributed by atoms with Crippen LogP contribution in [0.2, 0.25) is 0 Å². The van der Waals surface area contributed by atoms with E-state index in [4.69, 9.17) is 4.74 Å². The number of methoxy groups -OCH3 is 1. The fourth-order valence-corrected chi connectivity index (χ4v) is 2.50. The first-order valence-corrected chi connectivity index (χ1v) is 8.29. The van der Waals surface area contributed by atoms with Crippen molar-refractivity contribution in [3.05, 3.63) is 89.5 Å². The van der Waals surface area contributed by atoms with E-state index in [1.165, 1.54) is 12.1 Å². The van der Waals surface area contributed by atoms with Gasteiger partial charge in [-0.1, -0.05) is 12.1 Å². The van der Waals surface area contributed by atoms with Crippen LogP contribution < -0.4 is 15.4 Å². The van der Waals surface area contributed by atoms with E-state index < -0.39 is 11.6 Å². The van der Waals surface area contributed by atoms with E-state index in [-0.39, 0.29) is 18.0 Å². The maximum absolute atomic E-state index is 13.7. The zero-order chi connectivity index (χ0) is 19.2. The number of nitrogens with one attached hydrogen (secondary N) is 2. The fraction of sp³-hybridized carbons (Fsp3) is 0.0952. The van der Waals surface area contributed by atoms with Gasteiger partial charge in [-0.05, 0) is 54.6 Å². The number of rotatable bonds is 6. The van der Waals surface area contributed by atoms with Gasteiger partial charge in [0.2, 0.25) is 0 Å². The van der Waals surface area contributed by atoms with Gasteiger partial charge in [-0.2, -0.15) is 0 Å². The van der Waals surface area contributed by atoms with Crippen molar-refractivity contribution in [1.82, 2.24) is 0 Å². The Balaban J connectivity index is 1.60. The first kappa shape index (κ1) is 18.4. The van der Waals surface area contributed by atoms with Gasteiger partial charge >= 0.3 is 0 Å². The molecule has 3 rings (SSSR count). The summed E-state index contributed by atoms with van der Waals surface area (Å²) in [6.07, 6.45) is 0. The molecule has 0 radical (unpaired) electrons. The molecule has 1 amide bonds. The Morgan fingerprint density at radius 1 is 0.926 bits per heavy atom. The predicted molar refractivity (Wildman–Crippen MR) is 101 cm³/mol. The topological polar surface area (TPSA) is 50.4 Å². The van der Waals surface area contributed by atoms with Crippen LogP contribution in [0, 0.1) is 11.6 Å². The summed E-state index contributed by atoms with van der Waals surface area (Å²) in [5.41, 5.74) is 2.06. The lowest BCUT2D eigenvalue weighted by Crippen LogP contribution is -2.11. The van der Waals surface area contributed by atoms with Crippen LogP contribution in [0.5, 0.6) is 5.75 Å². The number of carbonyl (C=O) groups is 1. The minimum Gasteiger partial charge on any atom is -0.497 e. The molecule has 0 saturated carbocycles. The zero-order valence-corrected chi connectivity index (χ0v) is 14.6. The molecule has 0 fully saturated rings. The third kappa shape index (κ3) is 4.61. The maximum atomic E-state index is 13.7. The molecule has 3 aromatic rings. The fourth-order valence-electron chi connectivity index (χ4n) is 2.50. The second-order valence-corrected chi connectivity index (χ2v) is 5.83. The smallest absolute Gasteiger partial charge is 0.255 e. The summed E-state index contributed by atoms with van der Waals surface area (Å²) in [6, 6.07) is 17.8. The van der Waals surface area contributed by atoms with Crippen LogP contribution in [-0.4, -0.2) is 13.0 Å². The Bertz CT molecular complexity index is 926. The molecule has 0 bridgehead atoms. The zero-order valence-electron chi connectivity index (χ0n) is 14.6. The standard InChI is InChI=1S/C21H18F2N2O2/c1-27-18-11-9-17(10-12-18)25-21(26)14-5-7-16(8-6-14)24-13-15-3-2-4-19(22)20(15)23/h2-12,24H,13H2,1H3,(H,25,26). The second kappa shape index (κ2) is 8.31. The number of ether oxygens (including phenoxy) is 1. The van der Waals surface area contributed by atoms with Crippen LogP contribution in [0.25, 0.3) is 0 Å². The van der Waals surface area contributed by atoms with Crippen LogP contribution >= 0.6 is 0 Å². The molecule has 0 aliphatic carbocycles. The van der Waals surface area contributed by atoms with E-state index in [1.807, 2.05) is 0 Å². The molecule has 27 heavy (non-hydrogen) atoms. The number of carbonyl (C=O) groups excluding carboxylic acids is 1.